The molecule has 2 amide bonds. The van der Waals surface area contributed by atoms with Gasteiger partial charge in [0.05, 0.1) is 5.92 Å². The van der Waals surface area contributed by atoms with Gasteiger partial charge < -0.3 is 14.7 Å². The van der Waals surface area contributed by atoms with E-state index in [1.165, 1.54) is 0 Å². The Morgan fingerprint density at radius 2 is 1.87 bits per heavy atom. The summed E-state index contributed by atoms with van der Waals surface area (Å²) in [6.45, 7) is 7.71. The molecule has 0 N–H and O–H groups in total. The van der Waals surface area contributed by atoms with Gasteiger partial charge in [-0.25, -0.2) is 4.98 Å². The van der Waals surface area contributed by atoms with E-state index in [0.717, 1.165) is 37.2 Å². The van der Waals surface area contributed by atoms with Gasteiger partial charge >= 0.3 is 0 Å². The number of benzene rings is 1. The number of carbonyl (C=O) groups excluding carboxylic acids is 2. The van der Waals surface area contributed by atoms with Crippen molar-refractivity contribution >= 4 is 17.5 Å². The Kier molecular flexibility index (Phi) is 5.83. The second-order valence-electron chi connectivity index (χ2n) is 9.12. The maximum atomic E-state index is 13.2. The molecule has 166 valence electrons. The van der Waals surface area contributed by atoms with Crippen LogP contribution in [0.1, 0.15) is 67.3 Å². The summed E-state index contributed by atoms with van der Waals surface area (Å²) in [4.78, 5) is 35.9. The summed E-state index contributed by atoms with van der Waals surface area (Å²) in [5.41, 5.74) is 2.47. The lowest BCUT2D eigenvalue weighted by atomic mass is 9.97. The molecule has 1 unspecified atom stereocenters. The molecule has 8 nitrogen and oxygen atoms in total. The van der Waals surface area contributed by atoms with Crippen molar-refractivity contribution in [3.05, 3.63) is 41.5 Å². The van der Waals surface area contributed by atoms with E-state index in [0.29, 0.717) is 24.0 Å². The van der Waals surface area contributed by atoms with Gasteiger partial charge in [0.2, 0.25) is 5.91 Å². The second kappa shape index (κ2) is 8.42. The van der Waals surface area contributed by atoms with Crippen LogP contribution in [0, 0.1) is 0 Å². The van der Waals surface area contributed by atoms with Gasteiger partial charge in [-0.2, -0.15) is 5.10 Å². The van der Waals surface area contributed by atoms with Crippen LogP contribution in [0.3, 0.4) is 0 Å². The highest BCUT2D eigenvalue weighted by Gasteiger charge is 2.35. The molecular formula is C23H32N6O2. The third kappa shape index (κ3) is 4.08. The fourth-order valence-electron chi connectivity index (χ4n) is 4.58. The highest BCUT2D eigenvalue weighted by molar-refractivity contribution is 5.98. The van der Waals surface area contributed by atoms with Crippen LogP contribution in [0.25, 0.3) is 0 Å². The lowest BCUT2D eigenvalue weighted by molar-refractivity contribution is -0.116. The van der Waals surface area contributed by atoms with Gasteiger partial charge in [0, 0.05) is 49.9 Å². The number of rotatable bonds is 4. The minimum Gasteiger partial charge on any atom is -0.339 e. The molecule has 0 spiro atoms. The van der Waals surface area contributed by atoms with Crippen molar-refractivity contribution in [1.29, 1.82) is 0 Å². The Morgan fingerprint density at radius 3 is 2.45 bits per heavy atom. The Labute approximate surface area is 183 Å². The van der Waals surface area contributed by atoms with E-state index in [4.69, 9.17) is 0 Å². The Morgan fingerprint density at radius 1 is 1.16 bits per heavy atom. The van der Waals surface area contributed by atoms with E-state index in [1.54, 1.807) is 18.2 Å². The molecule has 0 aliphatic carbocycles. The van der Waals surface area contributed by atoms with Crippen molar-refractivity contribution < 1.29 is 9.59 Å². The van der Waals surface area contributed by atoms with Gasteiger partial charge in [-0.1, -0.05) is 0 Å². The summed E-state index contributed by atoms with van der Waals surface area (Å²) in [7, 11) is 4.19. The highest BCUT2D eigenvalue weighted by atomic mass is 16.2. The molecule has 2 aliphatic heterocycles. The summed E-state index contributed by atoms with van der Waals surface area (Å²) in [6, 6.07) is 6.43. The molecule has 31 heavy (non-hydrogen) atoms. The summed E-state index contributed by atoms with van der Waals surface area (Å²) in [5, 5.41) is 4.64. The number of aromatic nitrogens is 3. The number of amides is 2. The molecule has 4 rings (SSSR count). The largest absolute Gasteiger partial charge is 0.339 e. The van der Waals surface area contributed by atoms with Crippen LogP contribution < -0.4 is 4.90 Å². The quantitative estimate of drug-likeness (QED) is 0.754. The van der Waals surface area contributed by atoms with Crippen molar-refractivity contribution in [2.24, 2.45) is 0 Å². The predicted octanol–water partition coefficient (Wildman–Crippen LogP) is 2.52. The zero-order chi connectivity index (χ0) is 22.3. The number of likely N-dealkylation sites (tertiary alicyclic amines) is 1. The van der Waals surface area contributed by atoms with E-state index in [1.807, 2.05) is 27.8 Å². The van der Waals surface area contributed by atoms with Gasteiger partial charge in [0.15, 0.2) is 5.82 Å². The molecule has 8 heteroatoms. The fraction of sp³-hybridized carbons (Fsp3) is 0.565. The Bertz CT molecular complexity index is 974. The predicted molar refractivity (Wildman–Crippen MR) is 119 cm³/mol. The average molecular weight is 425 g/mol. The molecule has 2 aromatic rings. The summed E-state index contributed by atoms with van der Waals surface area (Å²) in [6.07, 6.45) is 3.71. The second-order valence-corrected chi connectivity index (χ2v) is 9.12. The van der Waals surface area contributed by atoms with Crippen LogP contribution in [-0.4, -0.2) is 76.2 Å². The fourth-order valence-corrected chi connectivity index (χ4v) is 4.58. The number of hydrogen-bond donors (Lipinski definition) is 0. The van der Waals surface area contributed by atoms with Crippen LogP contribution in [0.4, 0.5) is 5.69 Å². The van der Waals surface area contributed by atoms with Crippen molar-refractivity contribution in [2.45, 2.75) is 51.6 Å². The van der Waals surface area contributed by atoms with Crippen LogP contribution in [-0.2, 0) is 4.79 Å². The van der Waals surface area contributed by atoms with E-state index in [9.17, 15) is 9.59 Å². The third-order valence-electron chi connectivity index (χ3n) is 6.53. The summed E-state index contributed by atoms with van der Waals surface area (Å²) in [5.74, 6) is 0.596. The lowest BCUT2D eigenvalue weighted by Crippen LogP contribution is -2.44. The third-order valence-corrected chi connectivity index (χ3v) is 6.53. The van der Waals surface area contributed by atoms with Crippen molar-refractivity contribution in [1.82, 2.24) is 24.6 Å². The summed E-state index contributed by atoms with van der Waals surface area (Å²) >= 11 is 0. The first-order chi connectivity index (χ1) is 14.8. The summed E-state index contributed by atoms with van der Waals surface area (Å²) < 4.78 is 1.83. The Balaban J connectivity index is 1.61. The van der Waals surface area contributed by atoms with Gasteiger partial charge in [0.25, 0.3) is 5.91 Å². The first kappa shape index (κ1) is 21.5. The number of nitrogens with zero attached hydrogens (tertiary/aromatic N) is 6. The number of carbonyl (C=O) groups is 2. The molecule has 1 atom stereocenters. The standard InChI is InChI=1S/C23H32N6O2/c1-15(2)29-14-24-22(25-29)20-13-28(16(3)30)21-7-6-17(12-19(20)21)23(31)27-10-8-18(9-11-27)26(4)5/h6-7,12,14-15,18,20H,8-11,13H2,1-5H3. The van der Waals surface area contributed by atoms with E-state index < -0.39 is 0 Å². The number of hydrogen-bond acceptors (Lipinski definition) is 5. The normalized spacial score (nSPS) is 19.4. The maximum Gasteiger partial charge on any atom is 0.253 e. The molecule has 1 aromatic heterocycles. The number of anilines is 1. The zero-order valence-electron chi connectivity index (χ0n) is 19.1. The van der Waals surface area contributed by atoms with Crippen molar-refractivity contribution in [3.63, 3.8) is 0 Å². The molecule has 0 saturated carbocycles. The minimum absolute atomic E-state index is 0.0168. The first-order valence-electron chi connectivity index (χ1n) is 11.0. The van der Waals surface area contributed by atoms with Crippen LogP contribution in [0.5, 0.6) is 0 Å². The van der Waals surface area contributed by atoms with Gasteiger partial charge in [-0.15, -0.1) is 0 Å². The van der Waals surface area contributed by atoms with Crippen LogP contribution in [0.2, 0.25) is 0 Å². The minimum atomic E-state index is -0.133. The zero-order valence-corrected chi connectivity index (χ0v) is 19.1. The molecule has 0 bridgehead atoms. The molecular weight excluding hydrogens is 392 g/mol. The van der Waals surface area contributed by atoms with E-state index in [-0.39, 0.29) is 23.8 Å². The smallest absolute Gasteiger partial charge is 0.253 e. The van der Waals surface area contributed by atoms with Crippen LogP contribution >= 0.6 is 0 Å². The Hall–Kier alpha value is -2.74. The molecule has 2 aliphatic rings. The molecule has 1 aromatic carbocycles. The average Bonchev–Trinajstić information content (AvgIpc) is 3.38. The highest BCUT2D eigenvalue weighted by Crippen LogP contribution is 2.40. The van der Waals surface area contributed by atoms with E-state index in [2.05, 4.69) is 42.9 Å². The van der Waals surface area contributed by atoms with E-state index >= 15 is 0 Å². The maximum absolute atomic E-state index is 13.2. The van der Waals surface area contributed by atoms with Crippen molar-refractivity contribution in [2.75, 3.05) is 38.6 Å². The number of fused-ring (bicyclic) bond motifs is 1. The van der Waals surface area contributed by atoms with Gasteiger partial charge in [-0.05, 0) is 64.5 Å². The van der Waals surface area contributed by atoms with Crippen molar-refractivity contribution in [3.8, 4) is 0 Å². The topological polar surface area (TPSA) is 74.6 Å². The molecule has 1 fully saturated rings. The lowest BCUT2D eigenvalue weighted by Gasteiger charge is -2.35. The monoisotopic (exact) mass is 424 g/mol. The number of piperidine rings is 1. The first-order valence-corrected chi connectivity index (χ1v) is 11.0. The van der Waals surface area contributed by atoms with Gasteiger partial charge in [0.1, 0.15) is 6.33 Å². The molecule has 0 radical (unpaired) electrons. The SMILES string of the molecule is CC(=O)N1CC(c2ncn(C(C)C)n2)c2cc(C(=O)N3CCC(N(C)C)CC3)ccc21. The van der Waals surface area contributed by atoms with Crippen LogP contribution in [0.15, 0.2) is 24.5 Å². The molecule has 3 heterocycles. The van der Waals surface area contributed by atoms with Gasteiger partial charge in [-0.3, -0.25) is 14.3 Å². The molecule has 1 saturated heterocycles.